The van der Waals surface area contributed by atoms with Gasteiger partial charge in [0.2, 0.25) is 0 Å². The summed E-state index contributed by atoms with van der Waals surface area (Å²) in [4.78, 5) is 0. The number of nitrogens with two attached hydrogens (primary N) is 1. The maximum atomic E-state index is 13.1. The summed E-state index contributed by atoms with van der Waals surface area (Å²) in [7, 11) is 0. The van der Waals surface area contributed by atoms with Gasteiger partial charge in [0.1, 0.15) is 6.17 Å². The normalized spacial score (nSPS) is 36.3. The lowest BCUT2D eigenvalue weighted by atomic mass is 9.82. The first-order valence-corrected chi connectivity index (χ1v) is 6.97. The second kappa shape index (κ2) is 4.88. The molecule has 3 atom stereocenters. The van der Waals surface area contributed by atoms with Crippen LogP contribution in [0.15, 0.2) is 35.1 Å². The van der Waals surface area contributed by atoms with E-state index in [1.807, 2.05) is 0 Å². The van der Waals surface area contributed by atoms with E-state index in [1.54, 1.807) is 0 Å². The van der Waals surface area contributed by atoms with Crippen molar-refractivity contribution < 1.29 is 4.39 Å². The fourth-order valence-corrected chi connectivity index (χ4v) is 3.27. The van der Waals surface area contributed by atoms with Crippen molar-refractivity contribution in [1.82, 2.24) is 5.32 Å². The minimum absolute atomic E-state index is 0.444. The molecule has 18 heavy (non-hydrogen) atoms. The zero-order valence-electron chi connectivity index (χ0n) is 10.7. The average Bonchev–Trinajstić information content (AvgIpc) is 2.39. The smallest absolute Gasteiger partial charge is 0.104 e. The van der Waals surface area contributed by atoms with E-state index in [0.717, 1.165) is 31.4 Å². The van der Waals surface area contributed by atoms with Crippen LogP contribution in [0.1, 0.15) is 38.5 Å². The molecular weight excluding hydrogens is 227 g/mol. The average molecular weight is 248 g/mol. The summed E-state index contributed by atoms with van der Waals surface area (Å²) in [5.74, 6) is 0. The van der Waals surface area contributed by atoms with Gasteiger partial charge < -0.3 is 11.1 Å². The Morgan fingerprint density at radius 1 is 1.06 bits per heavy atom. The van der Waals surface area contributed by atoms with Gasteiger partial charge in [-0.1, -0.05) is 23.3 Å². The number of hydrogen-bond acceptors (Lipinski definition) is 2. The molecule has 3 heteroatoms. The topological polar surface area (TPSA) is 38.0 Å². The van der Waals surface area contributed by atoms with Gasteiger partial charge in [-0.15, -0.1) is 0 Å². The highest BCUT2D eigenvalue weighted by molar-refractivity contribution is 5.33. The molecule has 0 saturated carbocycles. The molecule has 2 nitrogen and oxygen atoms in total. The molecule has 1 saturated heterocycles. The van der Waals surface area contributed by atoms with Crippen LogP contribution in [0.3, 0.4) is 0 Å². The molecule has 2 aliphatic carbocycles. The second-order valence-electron chi connectivity index (χ2n) is 5.62. The zero-order chi connectivity index (χ0) is 12.5. The van der Waals surface area contributed by atoms with E-state index in [9.17, 15) is 4.39 Å². The number of allylic oxidation sites excluding steroid dienone is 2. The summed E-state index contributed by atoms with van der Waals surface area (Å²) >= 11 is 0. The molecule has 1 fully saturated rings. The van der Waals surface area contributed by atoms with Gasteiger partial charge in [0.05, 0.1) is 0 Å². The Labute approximate surface area is 108 Å². The van der Waals surface area contributed by atoms with E-state index in [4.69, 9.17) is 5.73 Å². The van der Waals surface area contributed by atoms with Crippen LogP contribution >= 0.6 is 0 Å². The first kappa shape index (κ1) is 12.0. The van der Waals surface area contributed by atoms with Crippen molar-refractivity contribution in [3.63, 3.8) is 0 Å². The highest BCUT2D eigenvalue weighted by Crippen LogP contribution is 2.32. The zero-order valence-corrected chi connectivity index (χ0v) is 10.7. The van der Waals surface area contributed by atoms with Crippen LogP contribution in [0.2, 0.25) is 0 Å². The van der Waals surface area contributed by atoms with Crippen LogP contribution in [-0.2, 0) is 0 Å². The van der Waals surface area contributed by atoms with Crippen molar-refractivity contribution in [2.45, 2.75) is 56.8 Å². The van der Waals surface area contributed by atoms with Gasteiger partial charge in [-0.05, 0) is 44.6 Å². The van der Waals surface area contributed by atoms with E-state index in [-0.39, 0.29) is 0 Å². The van der Waals surface area contributed by atoms with Gasteiger partial charge in [0.25, 0.3) is 0 Å². The van der Waals surface area contributed by atoms with E-state index in [2.05, 4.69) is 23.5 Å². The highest BCUT2D eigenvalue weighted by atomic mass is 19.1. The Bertz CT molecular complexity index is 422. The molecule has 0 aromatic carbocycles. The molecule has 3 N–H and O–H groups in total. The minimum Gasteiger partial charge on any atom is -0.399 e. The monoisotopic (exact) mass is 248 g/mol. The Morgan fingerprint density at radius 2 is 1.89 bits per heavy atom. The van der Waals surface area contributed by atoms with E-state index < -0.39 is 6.17 Å². The maximum absolute atomic E-state index is 13.1. The van der Waals surface area contributed by atoms with Crippen molar-refractivity contribution in [2.24, 2.45) is 5.73 Å². The van der Waals surface area contributed by atoms with Gasteiger partial charge in [-0.25, -0.2) is 4.39 Å². The number of nitrogens with one attached hydrogen (secondary N) is 1. The standard InChI is InChI=1S/C15H21FN2/c16-12-4-1-10(2-5-12)14-7-3-11-9-13(17)6-8-15(11)18-14/h1,6,9,12,14-15,18H,2-5,7-8,17H2. The number of hydrogen-bond donors (Lipinski definition) is 2. The van der Waals surface area contributed by atoms with Gasteiger partial charge in [0, 0.05) is 17.8 Å². The molecule has 1 aliphatic heterocycles. The molecule has 0 bridgehead atoms. The fraction of sp³-hybridized carbons (Fsp3) is 0.600. The highest BCUT2D eigenvalue weighted by Gasteiger charge is 2.29. The third kappa shape index (κ3) is 2.37. The van der Waals surface area contributed by atoms with E-state index in [0.29, 0.717) is 24.9 Å². The SMILES string of the molecule is NC1=CCC2NC(C3=CCC(F)CC3)CCC2=C1. The first-order valence-electron chi connectivity index (χ1n) is 6.97. The van der Waals surface area contributed by atoms with Gasteiger partial charge in [0.15, 0.2) is 0 Å². The summed E-state index contributed by atoms with van der Waals surface area (Å²) in [5.41, 5.74) is 9.60. The Hall–Kier alpha value is -1.09. The summed E-state index contributed by atoms with van der Waals surface area (Å²) in [6.45, 7) is 0. The summed E-state index contributed by atoms with van der Waals surface area (Å²) in [6, 6.07) is 0.896. The van der Waals surface area contributed by atoms with E-state index in [1.165, 1.54) is 11.1 Å². The Kier molecular flexibility index (Phi) is 3.25. The van der Waals surface area contributed by atoms with Crippen molar-refractivity contribution in [3.05, 3.63) is 35.1 Å². The molecular formula is C15H21FN2. The lowest BCUT2D eigenvalue weighted by molar-refractivity contribution is 0.297. The number of alkyl halides is 1. The van der Waals surface area contributed by atoms with E-state index >= 15 is 0 Å². The van der Waals surface area contributed by atoms with Crippen LogP contribution < -0.4 is 11.1 Å². The molecule has 3 unspecified atom stereocenters. The lowest BCUT2D eigenvalue weighted by Crippen LogP contribution is -2.45. The maximum Gasteiger partial charge on any atom is 0.104 e. The molecule has 3 rings (SSSR count). The third-order valence-corrected chi connectivity index (χ3v) is 4.34. The van der Waals surface area contributed by atoms with Crippen molar-refractivity contribution >= 4 is 0 Å². The number of piperidine rings is 1. The molecule has 0 radical (unpaired) electrons. The summed E-state index contributed by atoms with van der Waals surface area (Å²) in [6.07, 6.45) is 11.2. The van der Waals surface area contributed by atoms with Crippen LogP contribution in [0, 0.1) is 0 Å². The number of halogens is 1. The van der Waals surface area contributed by atoms with Crippen LogP contribution in [0.25, 0.3) is 0 Å². The van der Waals surface area contributed by atoms with Crippen molar-refractivity contribution in [1.29, 1.82) is 0 Å². The molecule has 98 valence electrons. The van der Waals surface area contributed by atoms with Gasteiger partial charge in [-0.2, -0.15) is 0 Å². The van der Waals surface area contributed by atoms with Crippen LogP contribution in [-0.4, -0.2) is 18.3 Å². The van der Waals surface area contributed by atoms with Crippen LogP contribution in [0.4, 0.5) is 4.39 Å². The Morgan fingerprint density at radius 3 is 2.67 bits per heavy atom. The third-order valence-electron chi connectivity index (χ3n) is 4.34. The molecule has 3 aliphatic rings. The molecule has 1 heterocycles. The molecule has 0 amide bonds. The fourth-order valence-electron chi connectivity index (χ4n) is 3.27. The summed E-state index contributed by atoms with van der Waals surface area (Å²) < 4.78 is 13.1. The Balaban J connectivity index is 1.67. The molecule has 0 aromatic heterocycles. The van der Waals surface area contributed by atoms with Crippen LogP contribution in [0.5, 0.6) is 0 Å². The number of rotatable bonds is 1. The second-order valence-corrected chi connectivity index (χ2v) is 5.62. The number of fused-ring (bicyclic) bond motifs is 1. The lowest BCUT2D eigenvalue weighted by Gasteiger charge is -2.37. The first-order chi connectivity index (χ1) is 8.72. The molecule has 0 spiro atoms. The van der Waals surface area contributed by atoms with Gasteiger partial charge >= 0.3 is 0 Å². The predicted octanol–water partition coefficient (Wildman–Crippen LogP) is 2.73. The van der Waals surface area contributed by atoms with Crippen molar-refractivity contribution in [3.8, 4) is 0 Å². The molecule has 0 aromatic rings. The largest absolute Gasteiger partial charge is 0.399 e. The van der Waals surface area contributed by atoms with Gasteiger partial charge in [-0.3, -0.25) is 0 Å². The minimum atomic E-state index is -0.620. The van der Waals surface area contributed by atoms with Crippen molar-refractivity contribution in [2.75, 3.05) is 0 Å². The predicted molar refractivity (Wildman–Crippen MR) is 71.7 cm³/mol. The summed E-state index contributed by atoms with van der Waals surface area (Å²) in [5, 5.41) is 3.70. The quantitative estimate of drug-likeness (QED) is 0.700.